The van der Waals surface area contributed by atoms with Gasteiger partial charge in [0, 0.05) is 18.8 Å². The number of nitrogens with one attached hydrogen (secondary N) is 1. The average Bonchev–Trinajstić information content (AvgIpc) is 2.54. The predicted octanol–water partition coefficient (Wildman–Crippen LogP) is 2.14. The largest absolute Gasteiger partial charge is 0.492 e. The number of benzene rings is 2. The van der Waals surface area contributed by atoms with Crippen LogP contribution in [0.4, 0.5) is 5.69 Å². The van der Waals surface area contributed by atoms with Gasteiger partial charge in [0.15, 0.2) is 0 Å². The number of hydrogen-bond acceptors (Lipinski definition) is 4. The molecule has 0 aliphatic heterocycles. The molecule has 0 spiro atoms. The smallest absolute Gasteiger partial charge is 0.253 e. The first-order chi connectivity index (χ1) is 11.1. The zero-order valence-corrected chi connectivity index (χ0v) is 13.6. The van der Waals surface area contributed by atoms with Crippen LogP contribution in [0.2, 0.25) is 0 Å². The van der Waals surface area contributed by atoms with Crippen LogP contribution in [0, 0.1) is 0 Å². The van der Waals surface area contributed by atoms with Gasteiger partial charge in [-0.25, -0.2) is 0 Å². The Morgan fingerprint density at radius 1 is 1.13 bits per heavy atom. The standard InChI is InChI=1S/C18H23N3O2/c1-21(2)11-12-23-15-9-7-14(8-10-15)13-20-18(22)16-5-3-4-6-17(16)19/h3-10H,11-13,19H2,1-2H3,(H,20,22). The Kier molecular flexibility index (Phi) is 6.00. The van der Waals surface area contributed by atoms with Crippen LogP contribution >= 0.6 is 0 Å². The maximum atomic E-state index is 12.1. The maximum absolute atomic E-state index is 12.1. The van der Waals surface area contributed by atoms with Gasteiger partial charge in [-0.05, 0) is 43.9 Å². The number of para-hydroxylation sites is 1. The van der Waals surface area contributed by atoms with Gasteiger partial charge in [0.1, 0.15) is 12.4 Å². The molecule has 0 aliphatic rings. The summed E-state index contributed by atoms with van der Waals surface area (Å²) in [5.74, 6) is 0.656. The van der Waals surface area contributed by atoms with Crippen molar-refractivity contribution >= 4 is 11.6 Å². The zero-order chi connectivity index (χ0) is 16.7. The minimum absolute atomic E-state index is 0.172. The first-order valence-corrected chi connectivity index (χ1v) is 7.55. The summed E-state index contributed by atoms with van der Waals surface area (Å²) in [6.07, 6.45) is 0. The summed E-state index contributed by atoms with van der Waals surface area (Å²) < 4.78 is 5.64. The fraction of sp³-hybridized carbons (Fsp3) is 0.278. The van der Waals surface area contributed by atoms with E-state index < -0.39 is 0 Å². The molecule has 5 nitrogen and oxygen atoms in total. The molecule has 3 N–H and O–H groups in total. The van der Waals surface area contributed by atoms with Crippen LogP contribution in [0.25, 0.3) is 0 Å². The highest BCUT2D eigenvalue weighted by atomic mass is 16.5. The second-order valence-electron chi connectivity index (χ2n) is 5.57. The van der Waals surface area contributed by atoms with Gasteiger partial charge in [-0.1, -0.05) is 24.3 Å². The van der Waals surface area contributed by atoms with E-state index in [2.05, 4.69) is 10.2 Å². The van der Waals surface area contributed by atoms with Crippen LogP contribution in [0.1, 0.15) is 15.9 Å². The topological polar surface area (TPSA) is 67.6 Å². The molecule has 0 saturated carbocycles. The number of likely N-dealkylation sites (N-methyl/N-ethyl adjacent to an activating group) is 1. The van der Waals surface area contributed by atoms with Crippen LogP contribution in [-0.2, 0) is 6.54 Å². The minimum Gasteiger partial charge on any atom is -0.492 e. The number of anilines is 1. The first kappa shape index (κ1) is 16.8. The van der Waals surface area contributed by atoms with E-state index in [4.69, 9.17) is 10.5 Å². The van der Waals surface area contributed by atoms with Gasteiger partial charge < -0.3 is 20.7 Å². The van der Waals surface area contributed by atoms with Gasteiger partial charge in [-0.3, -0.25) is 4.79 Å². The SMILES string of the molecule is CN(C)CCOc1ccc(CNC(=O)c2ccccc2N)cc1. The monoisotopic (exact) mass is 313 g/mol. The summed E-state index contributed by atoms with van der Waals surface area (Å²) in [6, 6.07) is 14.7. The average molecular weight is 313 g/mol. The van der Waals surface area contributed by atoms with Crippen LogP contribution in [0.3, 0.4) is 0 Å². The minimum atomic E-state index is -0.172. The Labute approximate surface area is 137 Å². The second kappa shape index (κ2) is 8.19. The van der Waals surface area contributed by atoms with E-state index >= 15 is 0 Å². The quantitative estimate of drug-likeness (QED) is 0.769. The molecule has 5 heteroatoms. The predicted molar refractivity (Wildman–Crippen MR) is 92.5 cm³/mol. The molecule has 0 radical (unpaired) electrons. The third kappa shape index (κ3) is 5.30. The van der Waals surface area contributed by atoms with E-state index in [9.17, 15) is 4.79 Å². The lowest BCUT2D eigenvalue weighted by atomic mass is 10.1. The highest BCUT2D eigenvalue weighted by Crippen LogP contribution is 2.13. The van der Waals surface area contributed by atoms with Crippen molar-refractivity contribution in [2.75, 3.05) is 33.0 Å². The van der Waals surface area contributed by atoms with Crippen molar-refractivity contribution in [1.82, 2.24) is 10.2 Å². The zero-order valence-electron chi connectivity index (χ0n) is 13.6. The Balaban J connectivity index is 1.84. The summed E-state index contributed by atoms with van der Waals surface area (Å²) >= 11 is 0. The molecule has 0 fully saturated rings. The van der Waals surface area contributed by atoms with Crippen molar-refractivity contribution in [3.05, 3.63) is 59.7 Å². The molecule has 0 bridgehead atoms. The van der Waals surface area contributed by atoms with E-state index in [1.54, 1.807) is 24.3 Å². The number of ether oxygens (including phenoxy) is 1. The lowest BCUT2D eigenvalue weighted by Crippen LogP contribution is -2.23. The number of hydrogen-bond donors (Lipinski definition) is 2. The van der Waals surface area contributed by atoms with Gasteiger partial charge in [0.05, 0.1) is 5.56 Å². The van der Waals surface area contributed by atoms with Gasteiger partial charge >= 0.3 is 0 Å². The molecule has 122 valence electrons. The molecule has 0 unspecified atom stereocenters. The molecule has 0 saturated heterocycles. The fourth-order valence-electron chi connectivity index (χ4n) is 2.03. The second-order valence-corrected chi connectivity index (χ2v) is 5.57. The highest BCUT2D eigenvalue weighted by molar-refractivity contribution is 5.98. The summed E-state index contributed by atoms with van der Waals surface area (Å²) in [5, 5.41) is 2.87. The number of amides is 1. The summed E-state index contributed by atoms with van der Waals surface area (Å²) in [7, 11) is 4.02. The molecule has 0 aliphatic carbocycles. The van der Waals surface area contributed by atoms with Gasteiger partial charge in [-0.2, -0.15) is 0 Å². The van der Waals surface area contributed by atoms with Crippen molar-refractivity contribution in [2.45, 2.75) is 6.54 Å². The van der Waals surface area contributed by atoms with E-state index in [0.29, 0.717) is 24.4 Å². The van der Waals surface area contributed by atoms with E-state index in [1.807, 2.05) is 38.4 Å². The van der Waals surface area contributed by atoms with Gasteiger partial charge in [0.25, 0.3) is 5.91 Å². The fourth-order valence-corrected chi connectivity index (χ4v) is 2.03. The van der Waals surface area contributed by atoms with E-state index in [0.717, 1.165) is 17.9 Å². The first-order valence-electron chi connectivity index (χ1n) is 7.55. The Morgan fingerprint density at radius 2 is 1.83 bits per heavy atom. The Bertz CT molecular complexity index is 639. The number of nitrogens with two attached hydrogens (primary N) is 1. The number of nitrogen functional groups attached to an aromatic ring is 1. The molecule has 2 aromatic carbocycles. The summed E-state index contributed by atoms with van der Waals surface area (Å²) in [5.41, 5.74) is 7.78. The Morgan fingerprint density at radius 3 is 2.48 bits per heavy atom. The third-order valence-corrected chi connectivity index (χ3v) is 3.39. The van der Waals surface area contributed by atoms with Gasteiger partial charge in [0.2, 0.25) is 0 Å². The molecule has 0 atom stereocenters. The van der Waals surface area contributed by atoms with Crippen LogP contribution in [0.5, 0.6) is 5.75 Å². The van der Waals surface area contributed by atoms with Crippen molar-refractivity contribution < 1.29 is 9.53 Å². The molecule has 0 heterocycles. The molecular formula is C18H23N3O2. The molecule has 23 heavy (non-hydrogen) atoms. The molecule has 2 rings (SSSR count). The van der Waals surface area contributed by atoms with Crippen LogP contribution < -0.4 is 15.8 Å². The Hall–Kier alpha value is -2.53. The normalized spacial score (nSPS) is 10.6. The highest BCUT2D eigenvalue weighted by Gasteiger charge is 2.08. The number of rotatable bonds is 7. The van der Waals surface area contributed by atoms with Crippen LogP contribution in [-0.4, -0.2) is 38.1 Å². The third-order valence-electron chi connectivity index (χ3n) is 3.39. The van der Waals surface area contributed by atoms with Crippen LogP contribution in [0.15, 0.2) is 48.5 Å². The number of carbonyl (C=O) groups excluding carboxylic acids is 1. The summed E-state index contributed by atoms with van der Waals surface area (Å²) in [4.78, 5) is 14.2. The van der Waals surface area contributed by atoms with E-state index in [1.165, 1.54) is 0 Å². The number of carbonyl (C=O) groups is 1. The molecule has 2 aromatic rings. The van der Waals surface area contributed by atoms with Crippen molar-refractivity contribution in [1.29, 1.82) is 0 Å². The lowest BCUT2D eigenvalue weighted by Gasteiger charge is -2.11. The van der Waals surface area contributed by atoms with Crippen molar-refractivity contribution in [2.24, 2.45) is 0 Å². The molecule has 1 amide bonds. The summed E-state index contributed by atoms with van der Waals surface area (Å²) in [6.45, 7) is 1.97. The molecular weight excluding hydrogens is 290 g/mol. The van der Waals surface area contributed by atoms with Gasteiger partial charge in [-0.15, -0.1) is 0 Å². The lowest BCUT2D eigenvalue weighted by molar-refractivity contribution is 0.0952. The van der Waals surface area contributed by atoms with E-state index in [-0.39, 0.29) is 5.91 Å². The van der Waals surface area contributed by atoms with Crippen molar-refractivity contribution in [3.63, 3.8) is 0 Å². The maximum Gasteiger partial charge on any atom is 0.253 e. The number of nitrogens with zero attached hydrogens (tertiary/aromatic N) is 1. The van der Waals surface area contributed by atoms with Crippen molar-refractivity contribution in [3.8, 4) is 5.75 Å². The molecule has 0 aromatic heterocycles.